The fourth-order valence-electron chi connectivity index (χ4n) is 3.97. The molecule has 2 aromatic carbocycles. The Morgan fingerprint density at radius 2 is 1.15 bits per heavy atom. The molecule has 2 aromatic rings. The van der Waals surface area contributed by atoms with E-state index in [9.17, 15) is 9.59 Å². The molecule has 0 bridgehead atoms. The monoisotopic (exact) mass is 508 g/mol. The van der Waals surface area contributed by atoms with Gasteiger partial charge in [-0.1, -0.05) is 0 Å². The normalized spacial score (nSPS) is 25.8. The fraction of sp³-hybridized carbons (Fsp3) is 0.417. The molecule has 10 heteroatoms. The molecule has 5 rings (SSSR count). The highest BCUT2D eigenvalue weighted by molar-refractivity contribution is 6.28. The lowest BCUT2D eigenvalue weighted by Gasteiger charge is -2.20. The molecule has 2 fully saturated rings. The average molecular weight is 509 g/mol. The third kappa shape index (κ3) is 4.79. The van der Waals surface area contributed by atoms with Crippen LogP contribution in [0.25, 0.3) is 0 Å². The van der Waals surface area contributed by atoms with Crippen molar-refractivity contribution in [1.82, 2.24) is 0 Å². The Hall–Kier alpha value is -2.20. The Balaban J connectivity index is 1.26. The zero-order valence-electron chi connectivity index (χ0n) is 18.0. The summed E-state index contributed by atoms with van der Waals surface area (Å²) in [7, 11) is 0. The van der Waals surface area contributed by atoms with Gasteiger partial charge in [0.1, 0.15) is 24.7 Å². The lowest BCUT2D eigenvalue weighted by atomic mass is 9.84. The van der Waals surface area contributed by atoms with Gasteiger partial charge in [0.15, 0.2) is 24.1 Å². The van der Waals surface area contributed by atoms with Gasteiger partial charge in [-0.3, -0.25) is 9.59 Å². The number of carbonyl (C=O) groups is 2. The molecule has 1 aliphatic carbocycles. The van der Waals surface area contributed by atoms with E-state index < -0.39 is 12.6 Å². The third-order valence-electron chi connectivity index (χ3n) is 5.70. The Kier molecular flexibility index (Phi) is 7.06. The second kappa shape index (κ2) is 10.2. The summed E-state index contributed by atoms with van der Waals surface area (Å²) in [6.45, 7) is 1.11. The fourth-order valence-corrected chi connectivity index (χ4v) is 4.29. The molecule has 8 nitrogen and oxygen atoms in total. The second-order valence-electron chi connectivity index (χ2n) is 8.05. The van der Waals surface area contributed by atoms with Crippen LogP contribution >= 0.6 is 23.2 Å². The highest BCUT2D eigenvalue weighted by atomic mass is 35.5. The molecular formula is C24H22Cl2O8. The van der Waals surface area contributed by atoms with Crippen molar-refractivity contribution in [2.75, 3.05) is 38.2 Å². The highest BCUT2D eigenvalue weighted by Crippen LogP contribution is 2.32. The first-order valence-corrected chi connectivity index (χ1v) is 11.9. The summed E-state index contributed by atoms with van der Waals surface area (Å²) < 4.78 is 33.5. The van der Waals surface area contributed by atoms with Crippen LogP contribution in [-0.4, -0.2) is 74.5 Å². The molecule has 2 aliphatic heterocycles. The number of carbonyl (C=O) groups excluding carboxylic acids is 2. The second-order valence-corrected chi connectivity index (χ2v) is 8.66. The van der Waals surface area contributed by atoms with Crippen molar-refractivity contribution < 1.29 is 38.0 Å². The quantitative estimate of drug-likeness (QED) is 0.428. The molecule has 34 heavy (non-hydrogen) atoms. The van der Waals surface area contributed by atoms with Crippen molar-refractivity contribution in [1.29, 1.82) is 0 Å². The van der Waals surface area contributed by atoms with Crippen LogP contribution in [0, 0.1) is 0 Å². The van der Waals surface area contributed by atoms with Crippen molar-refractivity contribution in [2.45, 2.75) is 24.8 Å². The summed E-state index contributed by atoms with van der Waals surface area (Å²) in [4.78, 5) is 26.3. The van der Waals surface area contributed by atoms with Gasteiger partial charge in [-0.05, 0) is 36.4 Å². The molecule has 0 saturated carbocycles. The summed E-state index contributed by atoms with van der Waals surface area (Å²) in [6.07, 6.45) is -1.39. The van der Waals surface area contributed by atoms with Crippen LogP contribution in [0.1, 0.15) is 31.8 Å². The summed E-state index contributed by atoms with van der Waals surface area (Å²) >= 11 is 11.5. The zero-order valence-corrected chi connectivity index (χ0v) is 19.5. The third-order valence-corrected chi connectivity index (χ3v) is 6.39. The first kappa shape index (κ1) is 23.5. The molecule has 4 unspecified atom stereocenters. The number of benzene rings is 2. The number of hydrogen-bond donors (Lipinski definition) is 0. The van der Waals surface area contributed by atoms with E-state index in [1.165, 1.54) is 0 Å². The van der Waals surface area contributed by atoms with Crippen molar-refractivity contribution in [3.05, 3.63) is 58.7 Å². The van der Waals surface area contributed by atoms with Gasteiger partial charge < -0.3 is 28.4 Å². The smallest absolute Gasteiger partial charge is 0.194 e. The van der Waals surface area contributed by atoms with Crippen LogP contribution < -0.4 is 9.47 Å². The minimum absolute atomic E-state index is 0.145. The number of alkyl halides is 2. The maximum absolute atomic E-state index is 13.1. The molecule has 0 aromatic heterocycles. The van der Waals surface area contributed by atoms with Gasteiger partial charge in [-0.2, -0.15) is 0 Å². The molecule has 180 valence electrons. The van der Waals surface area contributed by atoms with Crippen LogP contribution in [0.3, 0.4) is 0 Å². The average Bonchev–Trinajstić information content (AvgIpc) is 3.54. The van der Waals surface area contributed by atoms with E-state index in [2.05, 4.69) is 0 Å². The van der Waals surface area contributed by atoms with Gasteiger partial charge >= 0.3 is 0 Å². The van der Waals surface area contributed by atoms with Crippen LogP contribution in [0.4, 0.5) is 0 Å². The summed E-state index contributed by atoms with van der Waals surface area (Å²) in [5, 5.41) is 0. The molecule has 0 amide bonds. The Morgan fingerprint density at radius 3 is 1.53 bits per heavy atom. The largest absolute Gasteiger partial charge is 0.488 e. The lowest BCUT2D eigenvalue weighted by Crippen LogP contribution is -2.23. The number of halogens is 2. The zero-order chi connectivity index (χ0) is 23.7. The summed E-state index contributed by atoms with van der Waals surface area (Å²) in [5.41, 5.74) is 1.20. The van der Waals surface area contributed by atoms with Gasteiger partial charge in [0.2, 0.25) is 0 Å². The number of ether oxygens (including phenoxy) is 6. The molecule has 2 heterocycles. The van der Waals surface area contributed by atoms with Gasteiger partial charge in [-0.25, -0.2) is 0 Å². The van der Waals surface area contributed by atoms with Crippen LogP contribution in [0.2, 0.25) is 0 Å². The predicted octanol–water partition coefficient (Wildman–Crippen LogP) is 3.18. The van der Waals surface area contributed by atoms with Crippen molar-refractivity contribution in [2.24, 2.45) is 0 Å². The topological polar surface area (TPSA) is 89.5 Å². The van der Waals surface area contributed by atoms with Crippen molar-refractivity contribution >= 4 is 34.8 Å². The van der Waals surface area contributed by atoms with Crippen molar-refractivity contribution in [3.63, 3.8) is 0 Å². The maximum atomic E-state index is 13.1. The Labute approximate surface area is 205 Å². The molecule has 4 atom stereocenters. The number of fused-ring (bicyclic) bond motifs is 2. The van der Waals surface area contributed by atoms with E-state index in [-0.39, 0.29) is 48.1 Å². The van der Waals surface area contributed by atoms with E-state index in [0.29, 0.717) is 47.6 Å². The number of ketones is 2. The predicted molar refractivity (Wildman–Crippen MR) is 121 cm³/mol. The number of rotatable bonds is 8. The minimum Gasteiger partial charge on any atom is -0.488 e. The van der Waals surface area contributed by atoms with E-state index in [0.717, 1.165) is 0 Å². The minimum atomic E-state index is -0.530. The molecule has 2 saturated heterocycles. The van der Waals surface area contributed by atoms with Crippen LogP contribution in [0.5, 0.6) is 11.5 Å². The lowest BCUT2D eigenvalue weighted by molar-refractivity contribution is -0.0790. The van der Waals surface area contributed by atoms with Gasteiger partial charge in [0.25, 0.3) is 0 Å². The molecule has 0 radical (unpaired) electrons. The van der Waals surface area contributed by atoms with E-state index >= 15 is 0 Å². The number of hydrogen-bond acceptors (Lipinski definition) is 8. The van der Waals surface area contributed by atoms with Gasteiger partial charge in [0.05, 0.1) is 37.2 Å². The molecular weight excluding hydrogens is 487 g/mol. The molecule has 3 aliphatic rings. The summed E-state index contributed by atoms with van der Waals surface area (Å²) in [6, 6.07) is 9.60. The molecule has 0 spiro atoms. The highest BCUT2D eigenvalue weighted by Gasteiger charge is 2.32. The van der Waals surface area contributed by atoms with Crippen LogP contribution in [0.15, 0.2) is 36.4 Å². The Bertz CT molecular complexity index is 1010. The maximum Gasteiger partial charge on any atom is 0.194 e. The molecule has 0 N–H and O–H groups in total. The van der Waals surface area contributed by atoms with E-state index in [1.54, 1.807) is 36.4 Å². The van der Waals surface area contributed by atoms with Crippen molar-refractivity contribution in [3.8, 4) is 11.5 Å². The van der Waals surface area contributed by atoms with E-state index in [4.69, 9.17) is 51.6 Å². The SMILES string of the molecule is O=C1c2ccc(OCC3OCC(CCl)O3)cc2C(=O)c2ccc(OCC3OCC(CCl)O3)cc21. The first-order valence-electron chi connectivity index (χ1n) is 10.8. The van der Waals surface area contributed by atoms with E-state index in [1.807, 2.05) is 0 Å². The van der Waals surface area contributed by atoms with Crippen LogP contribution in [-0.2, 0) is 18.9 Å². The summed E-state index contributed by atoms with van der Waals surface area (Å²) in [5.74, 6) is 1.05. The standard InChI is InChI=1S/C24H22Cl2O8/c25-7-15-9-31-21(33-15)11-29-13-1-3-17-19(5-13)24(28)18-4-2-14(6-20(18)23(17)27)30-12-22-32-10-16(8-26)34-22/h1-6,15-16,21-22H,7-12H2. The van der Waals surface area contributed by atoms with Gasteiger partial charge in [0, 0.05) is 22.3 Å². The Morgan fingerprint density at radius 1 is 0.706 bits per heavy atom. The first-order chi connectivity index (χ1) is 16.6. The van der Waals surface area contributed by atoms with Gasteiger partial charge in [-0.15, -0.1) is 23.2 Å².